The van der Waals surface area contributed by atoms with E-state index in [4.69, 9.17) is 16.3 Å². The second-order valence-corrected chi connectivity index (χ2v) is 19.1. The minimum atomic E-state index is -3.94. The van der Waals surface area contributed by atoms with Crippen molar-refractivity contribution in [2.24, 2.45) is 5.41 Å². The molecule has 0 aliphatic heterocycles. The number of alkyl halides is 1. The molecule has 0 spiro atoms. The Morgan fingerprint density at radius 3 is 1.65 bits per heavy atom. The number of anilines is 2. The molecule has 13 heteroatoms. The van der Waals surface area contributed by atoms with E-state index in [1.165, 1.54) is 125 Å². The molecule has 3 N–H and O–H groups in total. The van der Waals surface area contributed by atoms with Crippen molar-refractivity contribution < 1.29 is 36.3 Å². The largest absolute Gasteiger partial charge is 0.508 e. The fourth-order valence-electron chi connectivity index (χ4n) is 5.88. The van der Waals surface area contributed by atoms with Crippen LogP contribution in [0.2, 0.25) is 0 Å². The number of aromatic hydroxyl groups is 1. The van der Waals surface area contributed by atoms with E-state index in [-0.39, 0.29) is 38.4 Å². The first kappa shape index (κ1) is 44.8. The molecule has 1 amide bonds. The van der Waals surface area contributed by atoms with Crippen LogP contribution < -0.4 is 14.8 Å². The fourth-order valence-corrected chi connectivity index (χ4v) is 8.73. The first-order valence-electron chi connectivity index (χ1n) is 19.0. The van der Waals surface area contributed by atoms with Crippen LogP contribution in [0.3, 0.4) is 0 Å². The maximum absolute atomic E-state index is 13.7. The molecule has 10 nitrogen and oxygen atoms in total. The standard InChI is InChI=1S/C41H57ClN2O8S2/c1-5-6-7-8-9-10-11-12-13-14-15-16-17-18-30-53(48,49)44-33-21-19-20-32(31-33)43-39(47)41(42,38(46)40(2,3)4)52-35-24-28-37(29-25-35)54(50,51)36-26-22-34(45)23-27-36/h19-29,31,44-45H,5-18,30H2,1-4H3,(H,43,47). The van der Waals surface area contributed by atoms with Gasteiger partial charge >= 0.3 is 5.06 Å². The molecule has 3 aromatic carbocycles. The van der Waals surface area contributed by atoms with E-state index in [0.29, 0.717) is 6.42 Å². The van der Waals surface area contributed by atoms with Gasteiger partial charge in [0.2, 0.25) is 25.6 Å². The summed E-state index contributed by atoms with van der Waals surface area (Å²) in [7, 11) is -7.59. The molecule has 3 aromatic rings. The Bertz CT molecular complexity index is 1860. The third-order valence-electron chi connectivity index (χ3n) is 8.97. The molecule has 0 radical (unpaired) electrons. The average Bonchev–Trinajstić information content (AvgIpc) is 3.11. The molecule has 298 valence electrons. The highest BCUT2D eigenvalue weighted by Gasteiger charge is 2.51. The fraction of sp³-hybridized carbons (Fsp3) is 0.512. The molecule has 0 saturated heterocycles. The molecule has 0 aliphatic rings. The molecule has 0 aromatic heterocycles. The van der Waals surface area contributed by atoms with Crippen LogP contribution in [-0.4, -0.2) is 44.4 Å². The van der Waals surface area contributed by atoms with E-state index in [9.17, 15) is 31.5 Å². The highest BCUT2D eigenvalue weighted by Crippen LogP contribution is 2.34. The van der Waals surface area contributed by atoms with Crippen molar-refractivity contribution in [2.45, 2.75) is 132 Å². The Morgan fingerprint density at radius 1 is 0.685 bits per heavy atom. The van der Waals surface area contributed by atoms with Gasteiger partial charge in [0.25, 0.3) is 5.91 Å². The number of hydrogen-bond donors (Lipinski definition) is 3. The van der Waals surface area contributed by atoms with E-state index < -0.39 is 42.0 Å². The summed E-state index contributed by atoms with van der Waals surface area (Å²) in [6.45, 7) is 6.95. The van der Waals surface area contributed by atoms with E-state index in [2.05, 4.69) is 17.0 Å². The summed E-state index contributed by atoms with van der Waals surface area (Å²) in [5, 5.41) is 9.52. The van der Waals surface area contributed by atoms with Crippen LogP contribution in [0.5, 0.6) is 11.5 Å². The van der Waals surface area contributed by atoms with E-state index in [1.54, 1.807) is 32.9 Å². The van der Waals surface area contributed by atoms with Crippen molar-refractivity contribution in [3.63, 3.8) is 0 Å². The summed E-state index contributed by atoms with van der Waals surface area (Å²) >= 11 is 6.71. The Morgan fingerprint density at radius 2 is 1.15 bits per heavy atom. The van der Waals surface area contributed by atoms with Gasteiger partial charge in [-0.15, -0.1) is 0 Å². The first-order chi connectivity index (χ1) is 25.5. The van der Waals surface area contributed by atoms with Crippen molar-refractivity contribution in [2.75, 3.05) is 15.8 Å². The number of carbonyl (C=O) groups excluding carboxylic acids is 2. The van der Waals surface area contributed by atoms with Gasteiger partial charge in [0.05, 0.1) is 21.2 Å². The predicted octanol–water partition coefficient (Wildman–Crippen LogP) is 10.0. The third kappa shape index (κ3) is 14.2. The molecule has 0 bridgehead atoms. The Kier molecular flexibility index (Phi) is 17.3. The molecule has 1 atom stereocenters. The van der Waals surface area contributed by atoms with Crippen LogP contribution in [-0.2, 0) is 29.4 Å². The van der Waals surface area contributed by atoms with Crippen molar-refractivity contribution >= 4 is 54.5 Å². The van der Waals surface area contributed by atoms with E-state index >= 15 is 0 Å². The maximum Gasteiger partial charge on any atom is 0.320 e. The second kappa shape index (κ2) is 20.9. The Labute approximate surface area is 327 Å². The molecule has 0 aliphatic carbocycles. The molecular weight excluding hydrogens is 748 g/mol. The summed E-state index contributed by atoms with van der Waals surface area (Å²) in [5.41, 5.74) is -0.736. The SMILES string of the molecule is CCCCCCCCCCCCCCCCS(=O)(=O)Nc1cccc(NC(=O)C(Cl)(Oc2ccc(S(=O)(=O)c3ccc(O)cc3)cc2)C(=O)C(C)(C)C)c1. The monoisotopic (exact) mass is 804 g/mol. The molecule has 0 saturated carbocycles. The van der Waals surface area contributed by atoms with Crippen molar-refractivity contribution in [1.29, 1.82) is 0 Å². The summed E-state index contributed by atoms with van der Waals surface area (Å²) in [4.78, 5) is 27.1. The van der Waals surface area contributed by atoms with Crippen LogP contribution in [0.1, 0.15) is 118 Å². The van der Waals surface area contributed by atoms with Crippen molar-refractivity contribution in [3.05, 3.63) is 72.8 Å². The summed E-state index contributed by atoms with van der Waals surface area (Å²) in [6.07, 6.45) is 16.4. The zero-order chi connectivity index (χ0) is 39.8. The minimum absolute atomic E-state index is 0.0324. The highest BCUT2D eigenvalue weighted by molar-refractivity contribution is 7.92. The summed E-state index contributed by atoms with van der Waals surface area (Å²) in [5.74, 6) is -1.95. The minimum Gasteiger partial charge on any atom is -0.508 e. The molecule has 0 heterocycles. The topological polar surface area (TPSA) is 156 Å². The number of amides is 1. The lowest BCUT2D eigenvalue weighted by Crippen LogP contribution is -2.54. The normalized spacial score (nSPS) is 13.2. The number of phenols is 1. The van der Waals surface area contributed by atoms with Gasteiger partial charge in [-0.05, 0) is 73.2 Å². The molecule has 1 unspecified atom stereocenters. The lowest BCUT2D eigenvalue weighted by Gasteiger charge is -2.31. The zero-order valence-electron chi connectivity index (χ0n) is 32.0. The third-order valence-corrected chi connectivity index (χ3v) is 12.5. The number of sulfonamides is 1. The van der Waals surface area contributed by atoms with Gasteiger partial charge in [0.15, 0.2) is 0 Å². The van der Waals surface area contributed by atoms with Gasteiger partial charge in [-0.1, -0.05) is 129 Å². The average molecular weight is 806 g/mol. The molecular formula is C41H57ClN2O8S2. The van der Waals surface area contributed by atoms with Crippen molar-refractivity contribution in [1.82, 2.24) is 0 Å². The number of sulfone groups is 1. The summed E-state index contributed by atoms with van der Waals surface area (Å²) < 4.78 is 60.2. The lowest BCUT2D eigenvalue weighted by atomic mass is 9.86. The lowest BCUT2D eigenvalue weighted by molar-refractivity contribution is -0.144. The van der Waals surface area contributed by atoms with Gasteiger partial charge in [-0.25, -0.2) is 16.8 Å². The zero-order valence-corrected chi connectivity index (χ0v) is 34.4. The number of nitrogens with one attached hydrogen (secondary N) is 2. The number of rotatable bonds is 24. The predicted molar refractivity (Wildman–Crippen MR) is 216 cm³/mol. The number of unbranched alkanes of at least 4 members (excludes halogenated alkanes) is 13. The van der Waals surface area contributed by atoms with Crippen LogP contribution in [0, 0.1) is 5.41 Å². The number of ether oxygens (including phenoxy) is 1. The number of carbonyl (C=O) groups is 2. The maximum atomic E-state index is 13.7. The van der Waals surface area contributed by atoms with Gasteiger partial charge in [-0.2, -0.15) is 0 Å². The summed E-state index contributed by atoms with van der Waals surface area (Å²) in [6, 6.07) is 16.2. The number of halogens is 1. The van der Waals surface area contributed by atoms with E-state index in [0.717, 1.165) is 19.3 Å². The van der Waals surface area contributed by atoms with E-state index in [1.807, 2.05) is 0 Å². The van der Waals surface area contributed by atoms with Gasteiger partial charge < -0.3 is 15.2 Å². The highest BCUT2D eigenvalue weighted by atomic mass is 35.5. The van der Waals surface area contributed by atoms with Gasteiger partial charge in [0.1, 0.15) is 11.5 Å². The van der Waals surface area contributed by atoms with Crippen LogP contribution in [0.15, 0.2) is 82.6 Å². The number of Topliss-reactive ketones (excluding diaryl/α,β-unsaturated/α-hetero) is 1. The molecule has 0 fully saturated rings. The quantitative estimate of drug-likeness (QED) is 0.0459. The van der Waals surface area contributed by atoms with Gasteiger partial charge in [-0.3, -0.25) is 14.3 Å². The molecule has 54 heavy (non-hydrogen) atoms. The Balaban J connectivity index is 1.55. The second-order valence-electron chi connectivity index (χ2n) is 14.8. The van der Waals surface area contributed by atoms with Crippen molar-refractivity contribution in [3.8, 4) is 11.5 Å². The van der Waals surface area contributed by atoms with Gasteiger partial charge in [0, 0.05) is 11.1 Å². The van der Waals surface area contributed by atoms with Crippen LogP contribution in [0.25, 0.3) is 0 Å². The number of hydrogen-bond acceptors (Lipinski definition) is 8. The Hall–Kier alpha value is -3.61. The molecule has 3 rings (SSSR count). The van der Waals surface area contributed by atoms with Crippen LogP contribution in [0.4, 0.5) is 11.4 Å². The smallest absolute Gasteiger partial charge is 0.320 e. The number of benzene rings is 3. The number of phenolic OH excluding ortho intramolecular Hbond substituents is 1. The first-order valence-corrected chi connectivity index (χ1v) is 22.5. The van der Waals surface area contributed by atoms with Crippen LogP contribution >= 0.6 is 11.6 Å². The number of ketones is 1.